The third-order valence-electron chi connectivity index (χ3n) is 12.4. The maximum atomic E-state index is 15.0. The molecule has 49 heavy (non-hydrogen) atoms. The Labute approximate surface area is 289 Å². The third-order valence-corrected chi connectivity index (χ3v) is 14.1. The summed E-state index contributed by atoms with van der Waals surface area (Å²) in [7, 11) is 1.30. The summed E-state index contributed by atoms with van der Waals surface area (Å²) in [4.78, 5) is 33.2. The quantitative estimate of drug-likeness (QED) is 0.354. The van der Waals surface area contributed by atoms with Crippen LogP contribution < -0.4 is 9.46 Å². The van der Waals surface area contributed by atoms with Gasteiger partial charge < -0.3 is 19.1 Å². The second-order valence-corrected chi connectivity index (χ2v) is 17.4. The lowest BCUT2D eigenvalue weighted by atomic mass is 9.81. The number of fused-ring (bicyclic) bond motifs is 9. The van der Waals surface area contributed by atoms with Crippen LogP contribution in [0.1, 0.15) is 98.5 Å². The van der Waals surface area contributed by atoms with Crippen molar-refractivity contribution in [3.8, 4) is 17.0 Å². The Hall–Kier alpha value is -3.41. The molecule has 2 bridgehead atoms. The molecule has 5 aliphatic rings. The predicted molar refractivity (Wildman–Crippen MR) is 190 cm³/mol. The van der Waals surface area contributed by atoms with E-state index in [1.54, 1.807) is 27.0 Å². The number of methoxy groups -OCH3 is 1. The molecule has 2 aromatic carbocycles. The zero-order chi connectivity index (χ0) is 34.4. The number of rotatable bonds is 7. The van der Waals surface area contributed by atoms with Gasteiger partial charge in [-0.2, -0.15) is 12.7 Å². The van der Waals surface area contributed by atoms with Gasteiger partial charge in [-0.05, 0) is 100 Å². The molecular weight excluding hydrogens is 639 g/mol. The van der Waals surface area contributed by atoms with E-state index in [-0.39, 0.29) is 35.5 Å². The van der Waals surface area contributed by atoms with E-state index in [0.717, 1.165) is 77.4 Å². The van der Waals surface area contributed by atoms with Crippen molar-refractivity contribution in [2.75, 3.05) is 34.3 Å². The summed E-state index contributed by atoms with van der Waals surface area (Å²) in [6, 6.07) is 12.1. The highest BCUT2D eigenvalue weighted by atomic mass is 32.2. The molecule has 1 N–H and O–H groups in total. The van der Waals surface area contributed by atoms with Gasteiger partial charge in [0.05, 0.1) is 18.2 Å². The number of hydrogen-bond acceptors (Lipinski definition) is 6. The molecule has 3 aliphatic heterocycles. The molecule has 262 valence electrons. The number of aromatic nitrogens is 1. The fourth-order valence-corrected chi connectivity index (χ4v) is 10.7. The summed E-state index contributed by atoms with van der Waals surface area (Å²) in [6.07, 6.45) is 8.63. The van der Waals surface area contributed by atoms with Gasteiger partial charge in [0.15, 0.2) is 0 Å². The average Bonchev–Trinajstić information content (AvgIpc) is 3.67. The Balaban J connectivity index is 1.30. The fourth-order valence-electron chi connectivity index (χ4n) is 9.65. The van der Waals surface area contributed by atoms with Crippen LogP contribution in [0.3, 0.4) is 0 Å². The van der Waals surface area contributed by atoms with E-state index >= 15 is 4.79 Å². The van der Waals surface area contributed by atoms with Crippen LogP contribution in [0, 0.1) is 5.41 Å². The number of likely N-dealkylation sites (tertiary alicyclic amines) is 1. The van der Waals surface area contributed by atoms with Gasteiger partial charge in [0.2, 0.25) is 5.91 Å². The minimum atomic E-state index is -4.02. The van der Waals surface area contributed by atoms with Crippen molar-refractivity contribution >= 4 is 32.9 Å². The average molecular weight is 688 g/mol. The van der Waals surface area contributed by atoms with Crippen molar-refractivity contribution in [1.82, 2.24) is 23.4 Å². The molecule has 4 atom stereocenters. The lowest BCUT2D eigenvalue weighted by molar-refractivity contribution is -0.143. The standard InChI is InChI=1S/C38H49N5O5S/c1-23(2)41(4)49(46,47)39-36(44)25-11-15-30-33(17-25)42-22-38(37(45)43-26-12-13-27(43)21-40(3)20-26)19-32(38)31-18-28(48-5)14-16-29(31)35(42)34(30)24-9-7-6-8-10-24/h11,14-18,23-24,26-27,32H,6-10,12-13,19-22H2,1-5H3,(H,39,44). The lowest BCUT2D eigenvalue weighted by Gasteiger charge is -2.41. The van der Waals surface area contributed by atoms with Crippen molar-refractivity contribution in [3.05, 3.63) is 53.1 Å². The van der Waals surface area contributed by atoms with Gasteiger partial charge in [0.1, 0.15) is 5.75 Å². The van der Waals surface area contributed by atoms with Crippen LogP contribution in [-0.2, 0) is 21.5 Å². The zero-order valence-corrected chi connectivity index (χ0v) is 30.2. The monoisotopic (exact) mass is 687 g/mol. The molecule has 4 unspecified atom stereocenters. The Bertz CT molecular complexity index is 1930. The molecular formula is C38H49N5O5S. The Morgan fingerprint density at radius 2 is 1.71 bits per heavy atom. The Kier molecular flexibility index (Phi) is 7.92. The van der Waals surface area contributed by atoms with Gasteiger partial charge in [-0.3, -0.25) is 9.59 Å². The molecule has 0 radical (unpaired) electrons. The third kappa shape index (κ3) is 5.21. The molecule has 10 nitrogen and oxygen atoms in total. The van der Waals surface area contributed by atoms with Crippen molar-refractivity contribution in [2.24, 2.45) is 5.41 Å². The molecule has 8 rings (SSSR count). The van der Waals surface area contributed by atoms with Gasteiger partial charge in [-0.1, -0.05) is 25.3 Å². The topological polar surface area (TPSA) is 104 Å². The number of nitrogens with one attached hydrogen (secondary N) is 1. The van der Waals surface area contributed by atoms with Crippen LogP contribution >= 0.6 is 0 Å². The summed E-state index contributed by atoms with van der Waals surface area (Å²) in [5.41, 5.74) is 5.33. The zero-order valence-electron chi connectivity index (χ0n) is 29.4. The molecule has 2 aliphatic carbocycles. The first-order valence-electron chi connectivity index (χ1n) is 18.1. The van der Waals surface area contributed by atoms with Gasteiger partial charge in [-0.25, -0.2) is 4.72 Å². The normalized spacial score (nSPS) is 26.8. The van der Waals surface area contributed by atoms with Crippen LogP contribution in [0.25, 0.3) is 22.2 Å². The van der Waals surface area contributed by atoms with Crippen LogP contribution in [0.5, 0.6) is 5.75 Å². The summed E-state index contributed by atoms with van der Waals surface area (Å²) >= 11 is 0. The molecule has 1 aromatic heterocycles. The summed E-state index contributed by atoms with van der Waals surface area (Å²) in [6.45, 7) is 5.87. The SMILES string of the molecule is COc1ccc2c(c1)C1CC1(C(=O)N1C3CCC1CN(C)C3)Cn1c-2c(C2CCCCC2)c2ccc(C(=O)NS(=O)(=O)N(C)C(C)C)cc21. The van der Waals surface area contributed by atoms with Crippen LogP contribution in [-0.4, -0.2) is 91.3 Å². The summed E-state index contributed by atoms with van der Waals surface area (Å²) in [5, 5.41) is 1.09. The first-order chi connectivity index (χ1) is 23.4. The highest BCUT2D eigenvalue weighted by molar-refractivity contribution is 7.87. The number of nitrogens with zero attached hydrogens (tertiary/aromatic N) is 4. The first-order valence-corrected chi connectivity index (χ1v) is 19.5. The van der Waals surface area contributed by atoms with Gasteiger partial charge >= 0.3 is 10.2 Å². The Morgan fingerprint density at radius 1 is 1.00 bits per heavy atom. The maximum absolute atomic E-state index is 15.0. The molecule has 2 saturated carbocycles. The van der Waals surface area contributed by atoms with E-state index in [1.165, 1.54) is 37.4 Å². The van der Waals surface area contributed by atoms with Gasteiger partial charge in [0, 0.05) is 72.8 Å². The number of ether oxygens (including phenoxy) is 1. The highest BCUT2D eigenvalue weighted by Crippen LogP contribution is 2.66. The molecule has 4 fully saturated rings. The number of amides is 2. The van der Waals surface area contributed by atoms with E-state index in [1.807, 2.05) is 18.2 Å². The van der Waals surface area contributed by atoms with Crippen LogP contribution in [0.2, 0.25) is 0 Å². The van der Waals surface area contributed by atoms with Crippen molar-refractivity contribution in [3.63, 3.8) is 0 Å². The fraction of sp³-hybridized carbons (Fsp3) is 0.579. The van der Waals surface area contributed by atoms with Crippen molar-refractivity contribution in [2.45, 2.75) is 102 Å². The van der Waals surface area contributed by atoms with E-state index in [0.29, 0.717) is 12.5 Å². The van der Waals surface area contributed by atoms with E-state index in [4.69, 9.17) is 4.74 Å². The molecule has 11 heteroatoms. The second kappa shape index (κ2) is 11.8. The number of piperazine rings is 1. The van der Waals surface area contributed by atoms with Crippen molar-refractivity contribution in [1.29, 1.82) is 0 Å². The second-order valence-electron chi connectivity index (χ2n) is 15.6. The number of benzene rings is 2. The molecule has 2 amide bonds. The molecule has 2 saturated heterocycles. The Morgan fingerprint density at radius 3 is 2.39 bits per heavy atom. The largest absolute Gasteiger partial charge is 0.497 e. The van der Waals surface area contributed by atoms with E-state index < -0.39 is 21.5 Å². The smallest absolute Gasteiger partial charge is 0.304 e. The maximum Gasteiger partial charge on any atom is 0.304 e. The van der Waals surface area contributed by atoms with E-state index in [9.17, 15) is 13.2 Å². The number of carbonyl (C=O) groups is 2. The van der Waals surface area contributed by atoms with Gasteiger partial charge in [0.25, 0.3) is 5.91 Å². The number of hydrogen-bond donors (Lipinski definition) is 1. The number of carbonyl (C=O) groups excluding carboxylic acids is 2. The first kappa shape index (κ1) is 32.8. The van der Waals surface area contributed by atoms with Crippen LogP contribution in [0.15, 0.2) is 36.4 Å². The summed E-state index contributed by atoms with van der Waals surface area (Å²) in [5.74, 6) is 0.824. The minimum absolute atomic E-state index is 0.0708. The molecule has 3 aromatic rings. The minimum Gasteiger partial charge on any atom is -0.497 e. The summed E-state index contributed by atoms with van der Waals surface area (Å²) < 4.78 is 37.6. The van der Waals surface area contributed by atoms with E-state index in [2.05, 4.69) is 38.3 Å². The predicted octanol–water partition coefficient (Wildman–Crippen LogP) is 5.47. The van der Waals surface area contributed by atoms with Crippen LogP contribution in [0.4, 0.5) is 0 Å². The lowest BCUT2D eigenvalue weighted by Crippen LogP contribution is -2.57. The molecule has 0 spiro atoms. The van der Waals surface area contributed by atoms with Gasteiger partial charge in [-0.15, -0.1) is 0 Å². The number of likely N-dealkylation sites (N-methyl/N-ethyl adjacent to an activating group) is 1. The highest BCUT2D eigenvalue weighted by Gasteiger charge is 2.65. The molecule has 4 heterocycles. The van der Waals surface area contributed by atoms with Crippen molar-refractivity contribution < 1.29 is 22.7 Å².